The van der Waals surface area contributed by atoms with Crippen LogP contribution in [0, 0.1) is 0 Å². The molecule has 2 heteroatoms. The van der Waals surface area contributed by atoms with Crippen molar-refractivity contribution in [1.82, 2.24) is 0 Å². The normalized spacial score (nSPS) is 18.7. The molecule has 1 aromatic rings. The molecule has 1 aliphatic carbocycles. The molecule has 1 aliphatic rings. The van der Waals surface area contributed by atoms with E-state index in [-0.39, 0.29) is 5.54 Å². The van der Waals surface area contributed by atoms with Gasteiger partial charge in [0.05, 0.1) is 6.04 Å². The van der Waals surface area contributed by atoms with Gasteiger partial charge in [0.15, 0.2) is 0 Å². The molecule has 0 saturated heterocycles. The summed E-state index contributed by atoms with van der Waals surface area (Å²) < 4.78 is 0. The number of benzene rings is 1. The Morgan fingerprint density at radius 2 is 1.65 bits per heavy atom. The highest BCUT2D eigenvalue weighted by Crippen LogP contribution is 2.27. The van der Waals surface area contributed by atoms with E-state index in [1.54, 1.807) is 0 Å². The van der Waals surface area contributed by atoms with Crippen molar-refractivity contribution in [2.45, 2.75) is 57.5 Å². The molecule has 0 radical (unpaired) electrons. The van der Waals surface area contributed by atoms with E-state index in [0.717, 1.165) is 0 Å². The van der Waals surface area contributed by atoms with Gasteiger partial charge >= 0.3 is 0 Å². The Kier molecular flexibility index (Phi) is 3.93. The maximum Gasteiger partial charge on any atom is 0.101 e. The first-order valence-electron chi connectivity index (χ1n) is 6.66. The molecule has 0 amide bonds. The van der Waals surface area contributed by atoms with Crippen LogP contribution in [0.5, 0.6) is 0 Å². The fourth-order valence-corrected chi connectivity index (χ4v) is 2.33. The molecule has 2 nitrogen and oxygen atoms in total. The standard InChI is InChI=1S/C15H22N2/c1-15(2,13-9-5-3-6-10-13)17-16-14-11-7-4-8-12-14/h3,5-6,9-10,14H,4,7-8,11-12H2,1-2H3. The van der Waals surface area contributed by atoms with Crippen LogP contribution in [0.2, 0.25) is 0 Å². The Bertz CT molecular complexity index is 362. The highest BCUT2D eigenvalue weighted by Gasteiger charge is 2.20. The van der Waals surface area contributed by atoms with Gasteiger partial charge in [-0.1, -0.05) is 49.6 Å². The lowest BCUT2D eigenvalue weighted by Gasteiger charge is -2.21. The third-order valence-corrected chi connectivity index (χ3v) is 3.53. The lowest BCUT2D eigenvalue weighted by Crippen LogP contribution is -2.15. The van der Waals surface area contributed by atoms with E-state index in [1.807, 2.05) is 6.07 Å². The monoisotopic (exact) mass is 230 g/mol. The average Bonchev–Trinajstić information content (AvgIpc) is 2.39. The molecule has 1 fully saturated rings. The molecule has 0 atom stereocenters. The first-order chi connectivity index (χ1) is 8.18. The zero-order valence-corrected chi connectivity index (χ0v) is 10.9. The Labute approximate surface area is 104 Å². The van der Waals surface area contributed by atoms with Crippen LogP contribution in [-0.2, 0) is 5.54 Å². The van der Waals surface area contributed by atoms with E-state index in [0.29, 0.717) is 6.04 Å². The summed E-state index contributed by atoms with van der Waals surface area (Å²) in [6.07, 6.45) is 6.43. The van der Waals surface area contributed by atoms with Crippen molar-refractivity contribution in [3.8, 4) is 0 Å². The molecule has 0 spiro atoms. The average molecular weight is 230 g/mol. The van der Waals surface area contributed by atoms with Crippen molar-refractivity contribution in [3.63, 3.8) is 0 Å². The van der Waals surface area contributed by atoms with Crippen LogP contribution in [0.1, 0.15) is 51.5 Å². The smallest absolute Gasteiger partial charge is 0.101 e. The molecule has 0 N–H and O–H groups in total. The summed E-state index contributed by atoms with van der Waals surface area (Å²) in [4.78, 5) is 0. The van der Waals surface area contributed by atoms with E-state index in [1.165, 1.54) is 37.7 Å². The summed E-state index contributed by atoms with van der Waals surface area (Å²) in [5.74, 6) is 0. The van der Waals surface area contributed by atoms with Crippen LogP contribution in [0.3, 0.4) is 0 Å². The first kappa shape index (κ1) is 12.3. The van der Waals surface area contributed by atoms with Gasteiger partial charge in [-0.05, 0) is 32.3 Å². The fraction of sp³-hybridized carbons (Fsp3) is 0.600. The van der Waals surface area contributed by atoms with Gasteiger partial charge in [-0.15, -0.1) is 0 Å². The zero-order chi connectivity index (χ0) is 12.1. The Morgan fingerprint density at radius 1 is 1.00 bits per heavy atom. The van der Waals surface area contributed by atoms with Crippen molar-refractivity contribution in [2.75, 3.05) is 0 Å². The molecule has 92 valence electrons. The molecule has 1 aromatic carbocycles. The second-order valence-corrected chi connectivity index (χ2v) is 5.43. The third-order valence-electron chi connectivity index (χ3n) is 3.53. The van der Waals surface area contributed by atoms with Crippen LogP contribution < -0.4 is 0 Å². The van der Waals surface area contributed by atoms with E-state index in [4.69, 9.17) is 0 Å². The van der Waals surface area contributed by atoms with Gasteiger partial charge in [0.2, 0.25) is 0 Å². The minimum atomic E-state index is -0.196. The van der Waals surface area contributed by atoms with E-state index in [2.05, 4.69) is 48.3 Å². The summed E-state index contributed by atoms with van der Waals surface area (Å²) >= 11 is 0. The quantitative estimate of drug-likeness (QED) is 0.672. The van der Waals surface area contributed by atoms with E-state index >= 15 is 0 Å². The summed E-state index contributed by atoms with van der Waals surface area (Å²) in [5, 5.41) is 9.13. The zero-order valence-electron chi connectivity index (χ0n) is 10.9. The summed E-state index contributed by atoms with van der Waals surface area (Å²) in [5.41, 5.74) is 1.04. The van der Waals surface area contributed by atoms with E-state index in [9.17, 15) is 0 Å². The number of hydrogen-bond acceptors (Lipinski definition) is 2. The van der Waals surface area contributed by atoms with Crippen molar-refractivity contribution in [3.05, 3.63) is 35.9 Å². The molecule has 0 bridgehead atoms. The van der Waals surface area contributed by atoms with Crippen LogP contribution in [0.4, 0.5) is 0 Å². The van der Waals surface area contributed by atoms with Gasteiger partial charge in [-0.2, -0.15) is 10.2 Å². The minimum absolute atomic E-state index is 0.196. The largest absolute Gasteiger partial charge is 0.190 e. The Morgan fingerprint density at radius 3 is 2.29 bits per heavy atom. The van der Waals surface area contributed by atoms with Gasteiger partial charge in [-0.3, -0.25) is 0 Å². The van der Waals surface area contributed by atoms with Crippen molar-refractivity contribution < 1.29 is 0 Å². The molecule has 1 saturated carbocycles. The number of hydrogen-bond donors (Lipinski definition) is 0. The lowest BCUT2D eigenvalue weighted by atomic mass is 9.95. The summed E-state index contributed by atoms with van der Waals surface area (Å²) in [6, 6.07) is 10.9. The fourth-order valence-electron chi connectivity index (χ4n) is 2.33. The molecule has 17 heavy (non-hydrogen) atoms. The SMILES string of the molecule is CC(C)(N=NC1CCCCC1)c1ccccc1. The van der Waals surface area contributed by atoms with E-state index < -0.39 is 0 Å². The van der Waals surface area contributed by atoms with Gasteiger partial charge in [0, 0.05) is 0 Å². The molecule has 0 aromatic heterocycles. The number of rotatable bonds is 3. The van der Waals surface area contributed by atoms with Crippen LogP contribution >= 0.6 is 0 Å². The van der Waals surface area contributed by atoms with Crippen molar-refractivity contribution >= 4 is 0 Å². The second kappa shape index (κ2) is 5.44. The van der Waals surface area contributed by atoms with Crippen LogP contribution in [0.15, 0.2) is 40.6 Å². The highest BCUT2D eigenvalue weighted by atomic mass is 15.2. The molecule has 0 aliphatic heterocycles. The van der Waals surface area contributed by atoms with Gasteiger partial charge < -0.3 is 0 Å². The number of azo groups is 1. The number of nitrogens with zero attached hydrogens (tertiary/aromatic N) is 2. The molecule has 0 unspecified atom stereocenters. The van der Waals surface area contributed by atoms with Crippen LogP contribution in [0.25, 0.3) is 0 Å². The Hall–Kier alpha value is -1.18. The first-order valence-corrected chi connectivity index (χ1v) is 6.66. The highest BCUT2D eigenvalue weighted by molar-refractivity contribution is 5.22. The maximum atomic E-state index is 4.58. The molecular formula is C15H22N2. The van der Waals surface area contributed by atoms with Gasteiger partial charge in [-0.25, -0.2) is 0 Å². The molecule has 0 heterocycles. The van der Waals surface area contributed by atoms with Gasteiger partial charge in [0.1, 0.15) is 5.54 Å². The predicted molar refractivity (Wildman–Crippen MR) is 71.2 cm³/mol. The van der Waals surface area contributed by atoms with Crippen LogP contribution in [-0.4, -0.2) is 6.04 Å². The summed E-state index contributed by atoms with van der Waals surface area (Å²) in [7, 11) is 0. The topological polar surface area (TPSA) is 24.7 Å². The second-order valence-electron chi connectivity index (χ2n) is 5.43. The Balaban J connectivity index is 2.03. The third kappa shape index (κ3) is 3.39. The predicted octanol–water partition coefficient (Wildman–Crippen LogP) is 4.71. The van der Waals surface area contributed by atoms with Crippen molar-refractivity contribution in [2.24, 2.45) is 10.2 Å². The molecular weight excluding hydrogens is 208 g/mol. The lowest BCUT2D eigenvalue weighted by molar-refractivity contribution is 0.404. The van der Waals surface area contributed by atoms with Gasteiger partial charge in [0.25, 0.3) is 0 Å². The summed E-state index contributed by atoms with van der Waals surface area (Å²) in [6.45, 7) is 4.27. The van der Waals surface area contributed by atoms with Crippen molar-refractivity contribution in [1.29, 1.82) is 0 Å². The minimum Gasteiger partial charge on any atom is -0.190 e. The maximum absolute atomic E-state index is 4.58. The molecule has 2 rings (SSSR count).